The minimum Gasteiger partial charge on any atom is -0.315 e. The first kappa shape index (κ1) is 12.3. The third kappa shape index (κ3) is 2.41. The van der Waals surface area contributed by atoms with Gasteiger partial charge >= 0.3 is 0 Å². The van der Waals surface area contributed by atoms with E-state index in [1.165, 1.54) is 6.42 Å². The Kier molecular flexibility index (Phi) is 3.87. The largest absolute Gasteiger partial charge is 0.315 e. The molecule has 5 heteroatoms. The Labute approximate surface area is 98.4 Å². The van der Waals surface area contributed by atoms with E-state index < -0.39 is 10.0 Å². The summed E-state index contributed by atoms with van der Waals surface area (Å²) in [5.41, 5.74) is 0. The summed E-state index contributed by atoms with van der Waals surface area (Å²) in [4.78, 5) is 0. The van der Waals surface area contributed by atoms with Crippen LogP contribution >= 0.6 is 0 Å². The molecule has 0 spiro atoms. The first-order chi connectivity index (χ1) is 7.62. The van der Waals surface area contributed by atoms with Crippen molar-refractivity contribution in [1.29, 1.82) is 0 Å². The van der Waals surface area contributed by atoms with Gasteiger partial charge in [0, 0.05) is 19.1 Å². The Morgan fingerprint density at radius 3 is 2.69 bits per heavy atom. The van der Waals surface area contributed by atoms with Gasteiger partial charge in [-0.05, 0) is 32.7 Å². The van der Waals surface area contributed by atoms with Gasteiger partial charge in [-0.3, -0.25) is 0 Å². The average Bonchev–Trinajstić information content (AvgIpc) is 2.69. The first-order valence-electron chi connectivity index (χ1n) is 6.34. The summed E-state index contributed by atoms with van der Waals surface area (Å²) in [6, 6.07) is 0.188. The standard InChI is InChI=1S/C11H22N2O2S/c1-10-5-3-2-4-8-13(10)16(14,15)11-6-7-12-9-11/h10-12H,2-9H2,1H3. The van der Waals surface area contributed by atoms with Crippen molar-refractivity contribution >= 4 is 10.0 Å². The summed E-state index contributed by atoms with van der Waals surface area (Å²) in [6.45, 7) is 4.24. The average molecular weight is 246 g/mol. The molecule has 16 heavy (non-hydrogen) atoms. The zero-order chi connectivity index (χ0) is 11.6. The summed E-state index contributed by atoms with van der Waals surface area (Å²) >= 11 is 0. The number of nitrogens with zero attached hydrogens (tertiary/aromatic N) is 1. The smallest absolute Gasteiger partial charge is 0.218 e. The van der Waals surface area contributed by atoms with E-state index in [0.29, 0.717) is 6.54 Å². The molecule has 0 aromatic carbocycles. The van der Waals surface area contributed by atoms with Crippen LogP contribution in [0.15, 0.2) is 0 Å². The van der Waals surface area contributed by atoms with Crippen LogP contribution in [0, 0.1) is 0 Å². The second-order valence-corrected chi connectivity index (χ2v) is 7.13. The van der Waals surface area contributed by atoms with Crippen molar-refractivity contribution in [2.24, 2.45) is 0 Å². The molecule has 2 aliphatic rings. The molecule has 0 radical (unpaired) electrons. The molecular weight excluding hydrogens is 224 g/mol. The lowest BCUT2D eigenvalue weighted by atomic mass is 10.1. The molecule has 2 heterocycles. The predicted molar refractivity (Wildman–Crippen MR) is 64.8 cm³/mol. The molecule has 2 atom stereocenters. The minimum atomic E-state index is -3.06. The van der Waals surface area contributed by atoms with E-state index in [-0.39, 0.29) is 11.3 Å². The van der Waals surface area contributed by atoms with Gasteiger partial charge in [-0.15, -0.1) is 0 Å². The van der Waals surface area contributed by atoms with Gasteiger partial charge < -0.3 is 5.32 Å². The van der Waals surface area contributed by atoms with Crippen LogP contribution in [0.25, 0.3) is 0 Å². The predicted octanol–water partition coefficient (Wildman–Crippen LogP) is 0.943. The summed E-state index contributed by atoms with van der Waals surface area (Å²) in [5, 5.41) is 2.96. The SMILES string of the molecule is CC1CCCCCN1S(=O)(=O)C1CCNC1. The molecule has 0 saturated carbocycles. The third-order valence-electron chi connectivity index (χ3n) is 3.76. The van der Waals surface area contributed by atoms with Crippen LogP contribution in [0.3, 0.4) is 0 Å². The molecule has 4 nitrogen and oxygen atoms in total. The summed E-state index contributed by atoms with van der Waals surface area (Å²) in [5.74, 6) is 0. The quantitative estimate of drug-likeness (QED) is 0.789. The van der Waals surface area contributed by atoms with Gasteiger partial charge in [0.15, 0.2) is 0 Å². The lowest BCUT2D eigenvalue weighted by Crippen LogP contribution is -2.44. The van der Waals surface area contributed by atoms with Gasteiger partial charge in [0.2, 0.25) is 10.0 Å². The Morgan fingerprint density at radius 2 is 2.00 bits per heavy atom. The molecule has 94 valence electrons. The molecule has 2 rings (SSSR count). The van der Waals surface area contributed by atoms with Crippen molar-refractivity contribution in [2.75, 3.05) is 19.6 Å². The molecule has 0 aromatic rings. The molecule has 1 N–H and O–H groups in total. The normalized spacial score (nSPS) is 33.8. The Hall–Kier alpha value is -0.130. The monoisotopic (exact) mass is 246 g/mol. The highest BCUT2D eigenvalue weighted by atomic mass is 32.2. The minimum absolute atomic E-state index is 0.187. The van der Waals surface area contributed by atoms with Crippen molar-refractivity contribution in [1.82, 2.24) is 9.62 Å². The van der Waals surface area contributed by atoms with E-state index >= 15 is 0 Å². The number of rotatable bonds is 2. The molecule has 2 fully saturated rings. The molecule has 0 aliphatic carbocycles. The Morgan fingerprint density at radius 1 is 1.19 bits per heavy atom. The van der Waals surface area contributed by atoms with Gasteiger partial charge in [0.25, 0.3) is 0 Å². The van der Waals surface area contributed by atoms with E-state index in [1.807, 2.05) is 6.92 Å². The van der Waals surface area contributed by atoms with E-state index in [4.69, 9.17) is 0 Å². The van der Waals surface area contributed by atoms with E-state index in [2.05, 4.69) is 5.32 Å². The van der Waals surface area contributed by atoms with Crippen molar-refractivity contribution in [3.8, 4) is 0 Å². The lowest BCUT2D eigenvalue weighted by Gasteiger charge is -2.28. The van der Waals surface area contributed by atoms with Gasteiger partial charge in [-0.25, -0.2) is 8.42 Å². The summed E-state index contributed by atoms with van der Waals surface area (Å²) in [7, 11) is -3.06. The van der Waals surface area contributed by atoms with Crippen LogP contribution in [-0.4, -0.2) is 43.6 Å². The summed E-state index contributed by atoms with van der Waals surface area (Å²) in [6.07, 6.45) is 5.13. The van der Waals surface area contributed by atoms with Gasteiger partial charge in [0.05, 0.1) is 5.25 Å². The Balaban J connectivity index is 2.13. The number of nitrogens with one attached hydrogen (secondary N) is 1. The van der Waals surface area contributed by atoms with E-state index in [0.717, 1.165) is 38.8 Å². The summed E-state index contributed by atoms with van der Waals surface area (Å²) < 4.78 is 26.6. The zero-order valence-corrected chi connectivity index (χ0v) is 10.8. The van der Waals surface area contributed by atoms with Crippen molar-refractivity contribution in [2.45, 2.75) is 50.3 Å². The topological polar surface area (TPSA) is 49.4 Å². The molecule has 0 amide bonds. The molecule has 2 aliphatic heterocycles. The van der Waals surface area contributed by atoms with Gasteiger partial charge in [-0.1, -0.05) is 12.8 Å². The van der Waals surface area contributed by atoms with Gasteiger partial charge in [0.1, 0.15) is 0 Å². The van der Waals surface area contributed by atoms with Crippen molar-refractivity contribution < 1.29 is 8.42 Å². The highest BCUT2D eigenvalue weighted by Crippen LogP contribution is 2.24. The van der Waals surface area contributed by atoms with E-state index in [9.17, 15) is 8.42 Å². The van der Waals surface area contributed by atoms with Crippen LogP contribution in [-0.2, 0) is 10.0 Å². The molecule has 0 bridgehead atoms. The maximum absolute atomic E-state index is 12.4. The van der Waals surface area contributed by atoms with Crippen molar-refractivity contribution in [3.05, 3.63) is 0 Å². The number of sulfonamides is 1. The van der Waals surface area contributed by atoms with Crippen LogP contribution < -0.4 is 5.32 Å². The second-order valence-electron chi connectivity index (χ2n) is 4.97. The third-order valence-corrected chi connectivity index (χ3v) is 6.20. The van der Waals surface area contributed by atoms with Crippen LogP contribution in [0.4, 0.5) is 0 Å². The first-order valence-corrected chi connectivity index (χ1v) is 7.84. The van der Waals surface area contributed by atoms with E-state index in [1.54, 1.807) is 4.31 Å². The maximum atomic E-state index is 12.4. The number of hydrogen-bond donors (Lipinski definition) is 1. The molecular formula is C11H22N2O2S. The van der Waals surface area contributed by atoms with Crippen LogP contribution in [0.2, 0.25) is 0 Å². The van der Waals surface area contributed by atoms with Crippen LogP contribution in [0.1, 0.15) is 39.0 Å². The fourth-order valence-electron chi connectivity index (χ4n) is 2.70. The second kappa shape index (κ2) is 5.02. The molecule has 2 saturated heterocycles. The van der Waals surface area contributed by atoms with Crippen molar-refractivity contribution in [3.63, 3.8) is 0 Å². The molecule has 0 aromatic heterocycles. The lowest BCUT2D eigenvalue weighted by molar-refractivity contribution is 0.338. The van der Waals surface area contributed by atoms with Gasteiger partial charge in [-0.2, -0.15) is 4.31 Å². The zero-order valence-electron chi connectivity index (χ0n) is 9.98. The fraction of sp³-hybridized carbons (Fsp3) is 1.00. The fourth-order valence-corrected chi connectivity index (χ4v) is 4.82. The molecule has 2 unspecified atom stereocenters. The number of hydrogen-bond acceptors (Lipinski definition) is 3. The Bertz CT molecular complexity index is 323. The highest BCUT2D eigenvalue weighted by Gasteiger charge is 2.36. The van der Waals surface area contributed by atoms with Crippen LogP contribution in [0.5, 0.6) is 0 Å². The maximum Gasteiger partial charge on any atom is 0.218 e. The highest BCUT2D eigenvalue weighted by molar-refractivity contribution is 7.89.